The number of carbonyl (C=O) groups is 2. The average molecular weight is 591 g/mol. The molecule has 2 fully saturated rings. The number of benzene rings is 2. The van der Waals surface area contributed by atoms with Gasteiger partial charge in [-0.25, -0.2) is 19.6 Å². The molecular formula is C29H33F3N4O6. The Morgan fingerprint density at radius 3 is 1.98 bits per heavy atom. The number of aromatic nitrogens is 2. The van der Waals surface area contributed by atoms with Gasteiger partial charge in [-0.2, -0.15) is 13.2 Å². The summed E-state index contributed by atoms with van der Waals surface area (Å²) < 4.78 is 48.7. The summed E-state index contributed by atoms with van der Waals surface area (Å²) >= 11 is 0. The smallest absolute Gasteiger partial charge is 0.475 e. The van der Waals surface area contributed by atoms with Gasteiger partial charge in [0.15, 0.2) is 11.2 Å². The van der Waals surface area contributed by atoms with E-state index in [1.165, 1.54) is 6.42 Å². The molecule has 2 atom stereocenters. The number of halogens is 3. The maximum absolute atomic E-state index is 12.3. The largest absolute Gasteiger partial charge is 0.490 e. The van der Waals surface area contributed by atoms with Crippen LogP contribution in [0.3, 0.4) is 0 Å². The Labute approximate surface area is 239 Å². The van der Waals surface area contributed by atoms with Crippen LogP contribution in [-0.2, 0) is 9.53 Å². The Hall–Kier alpha value is -4.13. The quantitative estimate of drug-likeness (QED) is 0.259. The fraction of sp³-hybridized carbons (Fsp3) is 0.448. The predicted octanol–water partition coefficient (Wildman–Crippen LogP) is 6.79. The average Bonchev–Trinajstić information content (AvgIpc) is 3.72. The third-order valence-corrected chi connectivity index (χ3v) is 6.39. The first-order valence-corrected chi connectivity index (χ1v) is 13.6. The lowest BCUT2D eigenvalue weighted by Gasteiger charge is -2.27. The van der Waals surface area contributed by atoms with Crippen molar-refractivity contribution in [2.24, 2.45) is 0 Å². The Balaban J connectivity index is 0.000000165. The van der Waals surface area contributed by atoms with Crippen molar-refractivity contribution in [2.75, 3.05) is 13.1 Å². The highest BCUT2D eigenvalue weighted by molar-refractivity contribution is 5.74. The molecule has 6 rings (SSSR count). The Morgan fingerprint density at radius 1 is 0.929 bits per heavy atom. The van der Waals surface area contributed by atoms with Crippen molar-refractivity contribution in [3.63, 3.8) is 0 Å². The van der Waals surface area contributed by atoms with E-state index >= 15 is 0 Å². The molecule has 0 bridgehead atoms. The van der Waals surface area contributed by atoms with Gasteiger partial charge in [0.25, 0.3) is 0 Å². The molecule has 226 valence electrons. The Morgan fingerprint density at radius 2 is 1.48 bits per heavy atom. The number of carbonyl (C=O) groups excluding carboxylic acids is 1. The number of carboxylic acid groups (broad SMARTS) is 1. The molecule has 4 aromatic rings. The number of aliphatic carboxylic acids is 1. The number of hydrogen-bond acceptors (Lipinski definition) is 8. The van der Waals surface area contributed by atoms with Crippen LogP contribution in [0.4, 0.5) is 18.0 Å². The van der Waals surface area contributed by atoms with Crippen LogP contribution >= 0.6 is 0 Å². The van der Waals surface area contributed by atoms with E-state index in [-0.39, 0.29) is 12.1 Å². The highest BCUT2D eigenvalue weighted by Crippen LogP contribution is 2.34. The van der Waals surface area contributed by atoms with E-state index in [0.29, 0.717) is 18.5 Å². The van der Waals surface area contributed by atoms with Gasteiger partial charge in [0.2, 0.25) is 11.8 Å². The van der Waals surface area contributed by atoms with Crippen LogP contribution in [0.5, 0.6) is 0 Å². The van der Waals surface area contributed by atoms with Crippen molar-refractivity contribution in [3.8, 4) is 0 Å². The van der Waals surface area contributed by atoms with Crippen LogP contribution in [0.1, 0.15) is 70.3 Å². The molecule has 1 amide bonds. The molecule has 42 heavy (non-hydrogen) atoms. The van der Waals surface area contributed by atoms with Crippen molar-refractivity contribution in [2.45, 2.75) is 70.3 Å². The minimum absolute atomic E-state index is 0.132. The van der Waals surface area contributed by atoms with Gasteiger partial charge in [0.1, 0.15) is 22.7 Å². The van der Waals surface area contributed by atoms with Crippen LogP contribution in [0.25, 0.3) is 22.2 Å². The molecule has 0 radical (unpaired) electrons. The number of alkyl halides is 3. The summed E-state index contributed by atoms with van der Waals surface area (Å²) in [5.41, 5.74) is 2.92. The van der Waals surface area contributed by atoms with Crippen LogP contribution in [0.15, 0.2) is 57.4 Å². The van der Waals surface area contributed by atoms with E-state index < -0.39 is 17.7 Å². The molecule has 2 aromatic carbocycles. The van der Waals surface area contributed by atoms with Crippen molar-refractivity contribution < 1.29 is 41.4 Å². The maximum atomic E-state index is 12.3. The Bertz CT molecular complexity index is 1440. The summed E-state index contributed by atoms with van der Waals surface area (Å²) in [6, 6.07) is 15.7. The number of oxazole rings is 2. The molecule has 2 aliphatic heterocycles. The molecule has 0 aliphatic carbocycles. The number of likely N-dealkylation sites (tertiary alicyclic amines) is 1. The van der Waals surface area contributed by atoms with Gasteiger partial charge in [-0.1, -0.05) is 24.3 Å². The molecule has 0 spiro atoms. The summed E-state index contributed by atoms with van der Waals surface area (Å²) in [5, 5.41) is 10.5. The van der Waals surface area contributed by atoms with Gasteiger partial charge in [-0.3, -0.25) is 4.90 Å². The lowest BCUT2D eigenvalue weighted by atomic mass is 10.2. The number of rotatable bonds is 2. The van der Waals surface area contributed by atoms with Gasteiger partial charge >= 0.3 is 18.2 Å². The van der Waals surface area contributed by atoms with Crippen molar-refractivity contribution in [1.82, 2.24) is 20.2 Å². The first-order valence-electron chi connectivity index (χ1n) is 13.6. The summed E-state index contributed by atoms with van der Waals surface area (Å²) in [4.78, 5) is 31.9. The van der Waals surface area contributed by atoms with E-state index in [9.17, 15) is 18.0 Å². The summed E-state index contributed by atoms with van der Waals surface area (Å²) in [6.45, 7) is 7.36. The van der Waals surface area contributed by atoms with E-state index in [0.717, 1.165) is 53.9 Å². The second-order valence-electron chi connectivity index (χ2n) is 10.8. The number of ether oxygens (including phenoxy) is 1. The zero-order chi connectivity index (χ0) is 30.5. The zero-order valence-corrected chi connectivity index (χ0v) is 23.5. The summed E-state index contributed by atoms with van der Waals surface area (Å²) in [6.07, 6.45) is -1.25. The first kappa shape index (κ1) is 30.8. The number of nitrogens with zero attached hydrogens (tertiary/aromatic N) is 3. The minimum atomic E-state index is -5.08. The van der Waals surface area contributed by atoms with Crippen LogP contribution in [-0.4, -0.2) is 56.9 Å². The topological polar surface area (TPSA) is 131 Å². The van der Waals surface area contributed by atoms with Crippen LogP contribution in [0, 0.1) is 0 Å². The minimum Gasteiger partial charge on any atom is -0.475 e. The van der Waals surface area contributed by atoms with Gasteiger partial charge in [0.05, 0.1) is 6.04 Å². The van der Waals surface area contributed by atoms with Crippen LogP contribution < -0.4 is 5.32 Å². The number of para-hydroxylation sites is 4. The number of amides is 1. The molecule has 10 nitrogen and oxygen atoms in total. The molecule has 2 aromatic heterocycles. The molecule has 13 heteroatoms. The van der Waals surface area contributed by atoms with Gasteiger partial charge in [0, 0.05) is 6.54 Å². The number of fused-ring (bicyclic) bond motifs is 2. The fourth-order valence-electron chi connectivity index (χ4n) is 4.53. The second kappa shape index (κ2) is 12.8. The summed E-state index contributed by atoms with van der Waals surface area (Å²) in [7, 11) is 0. The fourth-order valence-corrected chi connectivity index (χ4v) is 4.53. The van der Waals surface area contributed by atoms with Crippen molar-refractivity contribution in [1.29, 1.82) is 0 Å². The Kier molecular flexibility index (Phi) is 9.40. The standard InChI is InChI=1S/C16H20N2O3.C11H12N2O.C2HF3O2/c1-16(2,3)21-15(19)18-10-6-8-12(18)14-17-11-7-4-5-9-13(11)20-14;1-2-6-10-8(4-1)13-11(14-10)9-5-3-7-12-9;3-2(4,5)1(6)7/h4-5,7,9,12H,6,8,10H2,1-3H3;1-2,4,6,9,12H,3,5,7H2;(H,6,7)/t12-;9-;/m11./s1. The third-order valence-electron chi connectivity index (χ3n) is 6.39. The van der Waals surface area contributed by atoms with Gasteiger partial charge in [-0.05, 0) is 77.3 Å². The van der Waals surface area contributed by atoms with Crippen molar-refractivity contribution in [3.05, 3.63) is 60.3 Å². The second-order valence-corrected chi connectivity index (χ2v) is 10.8. The third kappa shape index (κ3) is 7.99. The number of hydrogen-bond donors (Lipinski definition) is 2. The molecule has 0 saturated carbocycles. The normalized spacial score (nSPS) is 18.8. The molecule has 4 heterocycles. The highest BCUT2D eigenvalue weighted by atomic mass is 19.4. The molecule has 2 aliphatic rings. The lowest BCUT2D eigenvalue weighted by molar-refractivity contribution is -0.192. The zero-order valence-electron chi connectivity index (χ0n) is 23.5. The first-order chi connectivity index (χ1) is 19.8. The molecular weight excluding hydrogens is 557 g/mol. The number of nitrogens with one attached hydrogen (secondary N) is 1. The number of carboxylic acids is 1. The van der Waals surface area contributed by atoms with E-state index in [1.807, 2.05) is 69.3 Å². The van der Waals surface area contributed by atoms with Gasteiger partial charge in [-0.15, -0.1) is 0 Å². The van der Waals surface area contributed by atoms with E-state index in [1.54, 1.807) is 4.90 Å². The van der Waals surface area contributed by atoms with E-state index in [4.69, 9.17) is 23.5 Å². The highest BCUT2D eigenvalue weighted by Gasteiger charge is 2.38. The summed E-state index contributed by atoms with van der Waals surface area (Å²) in [5.74, 6) is -1.32. The van der Waals surface area contributed by atoms with Crippen molar-refractivity contribution >= 4 is 34.3 Å². The SMILES string of the molecule is CC(C)(C)OC(=O)N1CCC[C@@H]1c1nc2ccccc2o1.O=C(O)C(F)(F)F.c1ccc2oc([C@H]3CCCN3)nc2c1. The van der Waals surface area contributed by atoms with Crippen LogP contribution in [0.2, 0.25) is 0 Å². The monoisotopic (exact) mass is 590 g/mol. The van der Waals surface area contributed by atoms with Gasteiger partial charge < -0.3 is 24.0 Å². The van der Waals surface area contributed by atoms with E-state index in [2.05, 4.69) is 15.3 Å². The lowest BCUT2D eigenvalue weighted by Crippen LogP contribution is -2.36. The molecule has 2 N–H and O–H groups in total. The predicted molar refractivity (Wildman–Crippen MR) is 147 cm³/mol. The molecule has 2 saturated heterocycles. The molecule has 0 unspecified atom stereocenters. The maximum Gasteiger partial charge on any atom is 0.490 e.